The van der Waals surface area contributed by atoms with Gasteiger partial charge in [-0.2, -0.15) is 22.5 Å². The molecule has 8 nitrogen and oxygen atoms in total. The predicted molar refractivity (Wildman–Crippen MR) is 70.7 cm³/mol. The maximum Gasteiger partial charge on any atom is 0.324 e. The summed E-state index contributed by atoms with van der Waals surface area (Å²) in [6.07, 6.45) is 4.28. The van der Waals surface area contributed by atoms with E-state index in [9.17, 15) is 13.2 Å². The van der Waals surface area contributed by atoms with Gasteiger partial charge in [-0.05, 0) is 19.8 Å². The van der Waals surface area contributed by atoms with E-state index in [1.165, 1.54) is 10.5 Å². The summed E-state index contributed by atoms with van der Waals surface area (Å²) in [7, 11) is -3.71. The van der Waals surface area contributed by atoms with Crippen LogP contribution in [0.5, 0.6) is 0 Å². The summed E-state index contributed by atoms with van der Waals surface area (Å²) in [5.74, 6) is -0.487. The van der Waals surface area contributed by atoms with E-state index in [-0.39, 0.29) is 13.2 Å². The summed E-state index contributed by atoms with van der Waals surface area (Å²) in [6.45, 7) is 2.39. The van der Waals surface area contributed by atoms with Crippen LogP contribution >= 0.6 is 0 Å². The third-order valence-electron chi connectivity index (χ3n) is 3.08. The highest BCUT2D eigenvalue weighted by atomic mass is 32.2. The maximum absolute atomic E-state index is 12.2. The van der Waals surface area contributed by atoms with Gasteiger partial charge in [-0.15, -0.1) is 0 Å². The Balaban J connectivity index is 2.02. The molecule has 0 aliphatic carbocycles. The SMILES string of the molecule is CCOC(=O)C1CCCN1S(=O)(=O)NCc1cn[nH]c1. The number of H-pyrrole nitrogens is 1. The second kappa shape index (κ2) is 6.33. The number of aromatic nitrogens is 2. The first-order chi connectivity index (χ1) is 9.54. The molecule has 20 heavy (non-hydrogen) atoms. The van der Waals surface area contributed by atoms with Gasteiger partial charge in [0.1, 0.15) is 6.04 Å². The van der Waals surface area contributed by atoms with Gasteiger partial charge in [0.2, 0.25) is 0 Å². The molecule has 2 rings (SSSR count). The molecule has 1 saturated heterocycles. The molecule has 0 bridgehead atoms. The summed E-state index contributed by atoms with van der Waals surface area (Å²) in [5.41, 5.74) is 0.723. The average molecular weight is 302 g/mol. The van der Waals surface area contributed by atoms with Crippen LogP contribution in [0.3, 0.4) is 0 Å². The Bertz CT molecular complexity index is 543. The third kappa shape index (κ3) is 3.35. The van der Waals surface area contributed by atoms with Gasteiger partial charge in [0, 0.05) is 24.8 Å². The van der Waals surface area contributed by atoms with Crippen molar-refractivity contribution in [2.45, 2.75) is 32.4 Å². The van der Waals surface area contributed by atoms with E-state index in [1.807, 2.05) is 0 Å². The number of ether oxygens (including phenoxy) is 1. The van der Waals surface area contributed by atoms with Crippen LogP contribution in [0.1, 0.15) is 25.3 Å². The number of esters is 1. The molecule has 1 aromatic heterocycles. The van der Waals surface area contributed by atoms with Crippen LogP contribution in [-0.2, 0) is 26.3 Å². The fourth-order valence-electron chi connectivity index (χ4n) is 2.13. The summed E-state index contributed by atoms with van der Waals surface area (Å²) in [5, 5.41) is 6.35. The summed E-state index contributed by atoms with van der Waals surface area (Å²) < 4.78 is 33.0. The molecule has 1 atom stereocenters. The highest BCUT2D eigenvalue weighted by Gasteiger charge is 2.39. The van der Waals surface area contributed by atoms with Crippen molar-refractivity contribution in [3.8, 4) is 0 Å². The molecule has 9 heteroatoms. The number of hydrogen-bond acceptors (Lipinski definition) is 5. The molecular weight excluding hydrogens is 284 g/mol. The molecule has 1 fully saturated rings. The highest BCUT2D eigenvalue weighted by molar-refractivity contribution is 7.87. The standard InChI is InChI=1S/C11H18N4O4S/c1-2-19-11(16)10-4-3-5-15(10)20(17,18)14-8-9-6-12-13-7-9/h6-7,10,14H,2-5,8H2,1H3,(H,12,13). The van der Waals surface area contributed by atoms with Crippen LogP contribution in [0.4, 0.5) is 0 Å². The Labute approximate surface area is 117 Å². The second-order valence-corrected chi connectivity index (χ2v) is 6.16. The van der Waals surface area contributed by atoms with Gasteiger partial charge in [0.15, 0.2) is 0 Å². The van der Waals surface area contributed by atoms with Gasteiger partial charge in [0.05, 0.1) is 12.8 Å². The molecule has 1 aromatic rings. The first-order valence-corrected chi connectivity index (χ1v) is 7.89. The highest BCUT2D eigenvalue weighted by Crippen LogP contribution is 2.21. The van der Waals surface area contributed by atoms with Gasteiger partial charge < -0.3 is 4.74 Å². The number of nitrogens with one attached hydrogen (secondary N) is 2. The lowest BCUT2D eigenvalue weighted by molar-refractivity contribution is -0.146. The van der Waals surface area contributed by atoms with Crippen LogP contribution < -0.4 is 4.72 Å². The quantitative estimate of drug-likeness (QED) is 0.706. The van der Waals surface area contributed by atoms with Crippen molar-refractivity contribution in [3.63, 3.8) is 0 Å². The number of nitrogens with zero attached hydrogens (tertiary/aromatic N) is 2. The Kier molecular flexibility index (Phi) is 4.73. The smallest absolute Gasteiger partial charge is 0.324 e. The monoisotopic (exact) mass is 302 g/mol. The zero-order valence-electron chi connectivity index (χ0n) is 11.2. The Morgan fingerprint density at radius 2 is 2.45 bits per heavy atom. The van der Waals surface area contributed by atoms with Gasteiger partial charge in [-0.3, -0.25) is 9.89 Å². The summed E-state index contributed by atoms with van der Waals surface area (Å²) >= 11 is 0. The van der Waals surface area contributed by atoms with Crippen molar-refractivity contribution in [2.24, 2.45) is 0 Å². The Hall–Kier alpha value is -1.45. The molecular formula is C11H18N4O4S. The van der Waals surface area contributed by atoms with Crippen molar-refractivity contribution < 1.29 is 17.9 Å². The van der Waals surface area contributed by atoms with Crippen molar-refractivity contribution in [1.29, 1.82) is 0 Å². The van der Waals surface area contributed by atoms with Crippen LogP contribution in [0, 0.1) is 0 Å². The van der Waals surface area contributed by atoms with E-state index in [2.05, 4.69) is 14.9 Å². The fraction of sp³-hybridized carbons (Fsp3) is 0.636. The third-order valence-corrected chi connectivity index (χ3v) is 4.65. The zero-order chi connectivity index (χ0) is 14.6. The normalized spacial score (nSPS) is 20.1. The van der Waals surface area contributed by atoms with Crippen LogP contribution in [0.2, 0.25) is 0 Å². The van der Waals surface area contributed by atoms with Crippen molar-refractivity contribution in [1.82, 2.24) is 19.2 Å². The lowest BCUT2D eigenvalue weighted by atomic mass is 10.2. The topological polar surface area (TPSA) is 104 Å². The number of hydrogen-bond donors (Lipinski definition) is 2. The minimum atomic E-state index is -3.71. The molecule has 0 spiro atoms. The van der Waals surface area contributed by atoms with Crippen molar-refractivity contribution in [3.05, 3.63) is 18.0 Å². The van der Waals surface area contributed by atoms with E-state index in [0.29, 0.717) is 19.4 Å². The summed E-state index contributed by atoms with van der Waals surface area (Å²) in [6, 6.07) is -0.725. The van der Waals surface area contributed by atoms with Gasteiger partial charge in [-0.1, -0.05) is 0 Å². The largest absolute Gasteiger partial charge is 0.465 e. The zero-order valence-corrected chi connectivity index (χ0v) is 12.0. The maximum atomic E-state index is 12.2. The number of carbonyl (C=O) groups excluding carboxylic acids is 1. The van der Waals surface area contributed by atoms with E-state index in [4.69, 9.17) is 4.74 Å². The van der Waals surface area contributed by atoms with E-state index in [1.54, 1.807) is 13.1 Å². The fourth-order valence-corrected chi connectivity index (χ4v) is 3.54. The number of carbonyl (C=O) groups is 1. The van der Waals surface area contributed by atoms with Gasteiger partial charge in [-0.25, -0.2) is 0 Å². The van der Waals surface area contributed by atoms with E-state index >= 15 is 0 Å². The first kappa shape index (κ1) is 14.9. The van der Waals surface area contributed by atoms with Crippen LogP contribution in [0.15, 0.2) is 12.4 Å². The first-order valence-electron chi connectivity index (χ1n) is 6.45. The van der Waals surface area contributed by atoms with Gasteiger partial charge >= 0.3 is 5.97 Å². The van der Waals surface area contributed by atoms with Crippen LogP contribution in [0.25, 0.3) is 0 Å². The summed E-state index contributed by atoms with van der Waals surface area (Å²) in [4.78, 5) is 11.8. The molecule has 1 unspecified atom stereocenters. The van der Waals surface area contributed by atoms with Crippen LogP contribution in [-0.4, -0.2) is 48.1 Å². The minimum Gasteiger partial charge on any atom is -0.465 e. The molecule has 0 radical (unpaired) electrons. The molecule has 2 heterocycles. The second-order valence-electron chi connectivity index (χ2n) is 4.45. The van der Waals surface area contributed by atoms with Crippen molar-refractivity contribution >= 4 is 16.2 Å². The van der Waals surface area contributed by atoms with E-state index in [0.717, 1.165) is 5.56 Å². The minimum absolute atomic E-state index is 0.130. The molecule has 0 amide bonds. The van der Waals surface area contributed by atoms with E-state index < -0.39 is 22.2 Å². The molecule has 1 aliphatic heterocycles. The lowest BCUT2D eigenvalue weighted by Gasteiger charge is -2.22. The number of rotatable bonds is 6. The predicted octanol–water partition coefficient (Wildman–Crippen LogP) is -0.228. The molecule has 112 valence electrons. The average Bonchev–Trinajstić information content (AvgIpc) is 3.08. The molecule has 2 N–H and O–H groups in total. The molecule has 1 aliphatic rings. The molecule has 0 saturated carbocycles. The lowest BCUT2D eigenvalue weighted by Crippen LogP contribution is -2.46. The Morgan fingerprint density at radius 3 is 3.10 bits per heavy atom. The van der Waals surface area contributed by atoms with Gasteiger partial charge in [0.25, 0.3) is 10.2 Å². The number of aromatic amines is 1. The Morgan fingerprint density at radius 1 is 1.65 bits per heavy atom. The molecule has 0 aromatic carbocycles. The van der Waals surface area contributed by atoms with Crippen molar-refractivity contribution in [2.75, 3.05) is 13.2 Å².